The highest BCUT2D eigenvalue weighted by Crippen LogP contribution is 2.34. The highest BCUT2D eigenvalue weighted by Gasteiger charge is 2.21. The third-order valence-corrected chi connectivity index (χ3v) is 6.86. The number of imidazole rings is 1. The maximum atomic E-state index is 12.6. The number of hydrogen-bond acceptors (Lipinski definition) is 6. The number of amides is 1. The van der Waals surface area contributed by atoms with Gasteiger partial charge in [0.25, 0.3) is 0 Å². The number of aryl methyl sites for hydroxylation is 1. The summed E-state index contributed by atoms with van der Waals surface area (Å²) >= 11 is 0. The summed E-state index contributed by atoms with van der Waals surface area (Å²) in [6, 6.07) is 14.3. The molecular weight excluding hydrogens is 450 g/mol. The van der Waals surface area contributed by atoms with Gasteiger partial charge in [-0.15, -0.1) is 0 Å². The SMILES string of the molecule is O=C1Cc2cnc(Nc3cccc(-c4ncc[nH]4)c3)nc2-c2ccc(CCCN3CCCC3)cc2N1. The number of carbonyl (C=O) groups is 1. The molecule has 3 N–H and O–H groups in total. The summed E-state index contributed by atoms with van der Waals surface area (Å²) in [6.07, 6.45) is 10.3. The summed E-state index contributed by atoms with van der Waals surface area (Å²) in [5, 5.41) is 6.40. The average molecular weight is 480 g/mol. The molecule has 2 aliphatic heterocycles. The van der Waals surface area contributed by atoms with Crippen LogP contribution in [0.25, 0.3) is 22.6 Å². The smallest absolute Gasteiger partial charge is 0.228 e. The van der Waals surface area contributed by atoms with Crippen molar-refractivity contribution in [1.29, 1.82) is 0 Å². The van der Waals surface area contributed by atoms with Crippen LogP contribution in [0.5, 0.6) is 0 Å². The van der Waals surface area contributed by atoms with Crippen molar-refractivity contribution in [3.63, 3.8) is 0 Å². The van der Waals surface area contributed by atoms with Gasteiger partial charge < -0.3 is 20.5 Å². The third-order valence-electron chi connectivity index (χ3n) is 6.86. The summed E-state index contributed by atoms with van der Waals surface area (Å²) in [7, 11) is 0. The normalized spacial score (nSPS) is 15.2. The Labute approximate surface area is 210 Å². The van der Waals surface area contributed by atoms with Gasteiger partial charge in [-0.25, -0.2) is 15.0 Å². The maximum Gasteiger partial charge on any atom is 0.228 e. The summed E-state index contributed by atoms with van der Waals surface area (Å²) in [5.41, 5.74) is 6.42. The molecule has 0 aliphatic carbocycles. The van der Waals surface area contributed by atoms with E-state index in [0.29, 0.717) is 5.95 Å². The van der Waals surface area contributed by atoms with Crippen molar-refractivity contribution in [2.45, 2.75) is 32.1 Å². The molecule has 4 heterocycles. The molecule has 2 aromatic carbocycles. The van der Waals surface area contributed by atoms with E-state index in [1.807, 2.05) is 24.3 Å². The molecule has 8 heteroatoms. The minimum Gasteiger partial charge on any atom is -0.345 e. The van der Waals surface area contributed by atoms with Gasteiger partial charge in [-0.3, -0.25) is 4.79 Å². The first-order chi connectivity index (χ1) is 17.7. The zero-order valence-electron chi connectivity index (χ0n) is 20.1. The van der Waals surface area contributed by atoms with Gasteiger partial charge in [0.05, 0.1) is 17.8 Å². The molecule has 1 fully saturated rings. The monoisotopic (exact) mass is 479 g/mol. The van der Waals surface area contributed by atoms with Crippen molar-refractivity contribution >= 4 is 23.2 Å². The van der Waals surface area contributed by atoms with Gasteiger partial charge >= 0.3 is 0 Å². The number of nitrogens with zero attached hydrogens (tertiary/aromatic N) is 4. The van der Waals surface area contributed by atoms with E-state index < -0.39 is 0 Å². The van der Waals surface area contributed by atoms with Crippen LogP contribution in [0.1, 0.15) is 30.4 Å². The molecule has 1 saturated heterocycles. The van der Waals surface area contributed by atoms with E-state index in [4.69, 9.17) is 4.98 Å². The number of carbonyl (C=O) groups excluding carboxylic acids is 1. The van der Waals surface area contributed by atoms with Crippen LogP contribution in [0.3, 0.4) is 0 Å². The predicted octanol–water partition coefficient (Wildman–Crippen LogP) is 4.80. The molecule has 0 atom stereocenters. The first kappa shape index (κ1) is 22.4. The van der Waals surface area contributed by atoms with Crippen molar-refractivity contribution in [2.75, 3.05) is 30.3 Å². The van der Waals surface area contributed by atoms with E-state index in [-0.39, 0.29) is 12.3 Å². The fraction of sp³-hybridized carbons (Fsp3) is 0.286. The fourth-order valence-electron chi connectivity index (χ4n) is 5.06. The van der Waals surface area contributed by atoms with Crippen LogP contribution in [0, 0.1) is 0 Å². The van der Waals surface area contributed by atoms with E-state index in [1.54, 1.807) is 18.6 Å². The molecule has 0 saturated carbocycles. The first-order valence-electron chi connectivity index (χ1n) is 12.6. The van der Waals surface area contributed by atoms with Crippen LogP contribution in [-0.4, -0.2) is 50.4 Å². The van der Waals surface area contributed by atoms with Crippen LogP contribution in [-0.2, 0) is 17.6 Å². The van der Waals surface area contributed by atoms with Crippen molar-refractivity contribution in [1.82, 2.24) is 24.8 Å². The Kier molecular flexibility index (Phi) is 6.17. The number of fused-ring (bicyclic) bond motifs is 3. The van der Waals surface area contributed by atoms with Gasteiger partial charge in [0, 0.05) is 41.0 Å². The largest absolute Gasteiger partial charge is 0.345 e. The standard InChI is InChI=1S/C28H29N7O/c36-25-17-21-18-31-28(32-22-7-3-6-20(16-22)27-29-10-11-30-27)34-26(21)23-9-8-19(15-24(23)33-25)5-4-14-35-12-1-2-13-35/h3,6-11,15-16,18H,1-2,4-5,12-14,17H2,(H,29,30)(H,33,36)(H,31,32,34). The number of anilines is 3. The molecule has 0 bridgehead atoms. The molecule has 0 radical (unpaired) electrons. The number of aromatic amines is 1. The van der Waals surface area contributed by atoms with E-state index in [1.165, 1.54) is 31.5 Å². The minimum absolute atomic E-state index is 0.0420. The molecule has 0 unspecified atom stereocenters. The Morgan fingerprint density at radius 3 is 2.83 bits per heavy atom. The predicted molar refractivity (Wildman–Crippen MR) is 141 cm³/mol. The highest BCUT2D eigenvalue weighted by molar-refractivity contribution is 6.00. The molecule has 4 aromatic rings. The number of H-pyrrole nitrogens is 1. The Bertz CT molecular complexity index is 1380. The summed E-state index contributed by atoms with van der Waals surface area (Å²) in [4.78, 5) is 32.0. The fourth-order valence-corrected chi connectivity index (χ4v) is 5.06. The van der Waals surface area contributed by atoms with Gasteiger partial charge in [-0.05, 0) is 69.1 Å². The number of benzene rings is 2. The van der Waals surface area contributed by atoms with Crippen LogP contribution >= 0.6 is 0 Å². The molecule has 2 aromatic heterocycles. The summed E-state index contributed by atoms with van der Waals surface area (Å²) in [5.74, 6) is 1.25. The lowest BCUT2D eigenvalue weighted by Gasteiger charge is -2.15. The van der Waals surface area contributed by atoms with Gasteiger partial charge in [0.2, 0.25) is 11.9 Å². The Hall–Kier alpha value is -4.04. The number of aromatic nitrogens is 4. The lowest BCUT2D eigenvalue weighted by atomic mass is 10.0. The van der Waals surface area contributed by atoms with Gasteiger partial charge in [-0.1, -0.05) is 24.3 Å². The number of hydrogen-bond donors (Lipinski definition) is 3. The van der Waals surface area contributed by atoms with Crippen molar-refractivity contribution < 1.29 is 4.79 Å². The minimum atomic E-state index is -0.0420. The highest BCUT2D eigenvalue weighted by atomic mass is 16.1. The Balaban J connectivity index is 1.24. The Morgan fingerprint density at radius 2 is 1.97 bits per heavy atom. The van der Waals surface area contributed by atoms with Gasteiger partial charge in [0.15, 0.2) is 0 Å². The van der Waals surface area contributed by atoms with Crippen LogP contribution in [0.4, 0.5) is 17.3 Å². The molecule has 182 valence electrons. The molecule has 0 spiro atoms. The van der Waals surface area contributed by atoms with Crippen molar-refractivity contribution in [3.8, 4) is 22.6 Å². The van der Waals surface area contributed by atoms with Crippen molar-refractivity contribution in [2.24, 2.45) is 0 Å². The second-order valence-corrected chi connectivity index (χ2v) is 9.47. The van der Waals surface area contributed by atoms with E-state index in [0.717, 1.165) is 59.0 Å². The first-order valence-corrected chi connectivity index (χ1v) is 12.6. The molecule has 36 heavy (non-hydrogen) atoms. The molecule has 8 nitrogen and oxygen atoms in total. The third kappa shape index (κ3) is 4.85. The van der Waals surface area contributed by atoms with Crippen LogP contribution in [0.15, 0.2) is 61.1 Å². The van der Waals surface area contributed by atoms with E-state index in [9.17, 15) is 4.79 Å². The molecule has 2 aliphatic rings. The van der Waals surface area contributed by atoms with E-state index in [2.05, 4.69) is 48.7 Å². The zero-order chi connectivity index (χ0) is 24.3. The van der Waals surface area contributed by atoms with Crippen molar-refractivity contribution in [3.05, 3.63) is 72.2 Å². The Morgan fingerprint density at radius 1 is 1.06 bits per heavy atom. The van der Waals surface area contributed by atoms with Gasteiger partial charge in [0.1, 0.15) is 5.82 Å². The zero-order valence-corrected chi connectivity index (χ0v) is 20.1. The second kappa shape index (κ2) is 9.91. The molecule has 6 rings (SSSR count). The lowest BCUT2D eigenvalue weighted by Crippen LogP contribution is -2.20. The maximum absolute atomic E-state index is 12.6. The lowest BCUT2D eigenvalue weighted by molar-refractivity contribution is -0.115. The quantitative estimate of drug-likeness (QED) is 0.352. The summed E-state index contributed by atoms with van der Waals surface area (Å²) in [6.45, 7) is 3.58. The second-order valence-electron chi connectivity index (χ2n) is 9.47. The number of rotatable bonds is 7. The van der Waals surface area contributed by atoms with Crippen LogP contribution in [0.2, 0.25) is 0 Å². The molecular formula is C28H29N7O. The number of nitrogens with one attached hydrogen (secondary N) is 3. The topological polar surface area (TPSA) is 98.8 Å². The average Bonchev–Trinajstić information content (AvgIpc) is 3.58. The summed E-state index contributed by atoms with van der Waals surface area (Å²) < 4.78 is 0. The molecule has 1 amide bonds. The number of likely N-dealkylation sites (tertiary alicyclic amines) is 1. The van der Waals surface area contributed by atoms with Crippen LogP contribution < -0.4 is 10.6 Å². The van der Waals surface area contributed by atoms with Gasteiger partial charge in [-0.2, -0.15) is 0 Å². The van der Waals surface area contributed by atoms with E-state index >= 15 is 0 Å².